The summed E-state index contributed by atoms with van der Waals surface area (Å²) in [5.41, 5.74) is 0.0774. The van der Waals surface area contributed by atoms with Crippen LogP contribution >= 0.6 is 0 Å². The van der Waals surface area contributed by atoms with Crippen LogP contribution in [-0.2, 0) is 4.74 Å². The predicted octanol–water partition coefficient (Wildman–Crippen LogP) is 2.26. The molecule has 1 unspecified atom stereocenters. The van der Waals surface area contributed by atoms with E-state index in [1.54, 1.807) is 14.0 Å². The highest BCUT2D eigenvalue weighted by Gasteiger charge is 2.14. The van der Waals surface area contributed by atoms with Crippen LogP contribution in [0, 0.1) is 11.6 Å². The Morgan fingerprint density at radius 2 is 1.93 bits per heavy atom. The Labute approximate surface area is 88.3 Å². The van der Waals surface area contributed by atoms with E-state index in [0.717, 1.165) is 0 Å². The maximum atomic E-state index is 13.3. The first-order valence-electron chi connectivity index (χ1n) is 4.83. The number of methoxy groups -OCH3 is 1. The molecule has 0 saturated carbocycles. The molecule has 1 aromatic carbocycles. The number of halogens is 2. The van der Waals surface area contributed by atoms with Gasteiger partial charge in [0.1, 0.15) is 11.6 Å². The highest BCUT2D eigenvalue weighted by molar-refractivity contribution is 5.22. The Bertz CT molecular complexity index is 297. The zero-order chi connectivity index (χ0) is 11.3. The van der Waals surface area contributed by atoms with Crippen LogP contribution in [-0.4, -0.2) is 20.3 Å². The molecule has 1 aromatic rings. The molecule has 0 bridgehead atoms. The van der Waals surface area contributed by atoms with Gasteiger partial charge in [-0.2, -0.15) is 0 Å². The second kappa shape index (κ2) is 5.78. The van der Waals surface area contributed by atoms with Crippen molar-refractivity contribution < 1.29 is 13.5 Å². The maximum Gasteiger partial charge on any atom is 0.130 e. The first kappa shape index (κ1) is 12.1. The Kier molecular flexibility index (Phi) is 4.65. The lowest BCUT2D eigenvalue weighted by Crippen LogP contribution is -2.24. The summed E-state index contributed by atoms with van der Waals surface area (Å²) in [6, 6.07) is 3.51. The molecule has 0 aliphatic carbocycles. The van der Waals surface area contributed by atoms with Gasteiger partial charge < -0.3 is 10.1 Å². The van der Waals surface area contributed by atoms with E-state index in [-0.39, 0.29) is 11.6 Å². The number of hydrogen-bond acceptors (Lipinski definition) is 2. The van der Waals surface area contributed by atoms with E-state index in [1.807, 2.05) is 0 Å². The molecule has 0 fully saturated rings. The molecule has 0 spiro atoms. The summed E-state index contributed by atoms with van der Waals surface area (Å²) in [5, 5.41) is 2.98. The van der Waals surface area contributed by atoms with Crippen molar-refractivity contribution in [3.63, 3.8) is 0 Å². The monoisotopic (exact) mass is 215 g/mol. The second-order valence-corrected chi connectivity index (χ2v) is 3.30. The first-order chi connectivity index (χ1) is 7.16. The van der Waals surface area contributed by atoms with Gasteiger partial charge >= 0.3 is 0 Å². The molecule has 0 amide bonds. The Hall–Kier alpha value is -1.00. The molecule has 1 atom stereocenters. The van der Waals surface area contributed by atoms with Gasteiger partial charge in [-0.15, -0.1) is 0 Å². The molecule has 0 aliphatic rings. The van der Waals surface area contributed by atoms with E-state index >= 15 is 0 Å². The summed E-state index contributed by atoms with van der Waals surface area (Å²) >= 11 is 0. The van der Waals surface area contributed by atoms with Crippen molar-refractivity contribution in [2.75, 3.05) is 20.3 Å². The molecule has 15 heavy (non-hydrogen) atoms. The number of hydrogen-bond donors (Lipinski definition) is 1. The van der Waals surface area contributed by atoms with Gasteiger partial charge in [0.25, 0.3) is 0 Å². The van der Waals surface area contributed by atoms with E-state index in [0.29, 0.717) is 13.2 Å². The van der Waals surface area contributed by atoms with Gasteiger partial charge in [-0.25, -0.2) is 8.78 Å². The van der Waals surface area contributed by atoms with Crippen molar-refractivity contribution in [2.45, 2.75) is 13.0 Å². The van der Waals surface area contributed by atoms with Crippen LogP contribution in [0.25, 0.3) is 0 Å². The van der Waals surface area contributed by atoms with Gasteiger partial charge in [-0.05, 0) is 19.1 Å². The molecule has 1 N–H and O–H groups in total. The highest BCUT2D eigenvalue weighted by Crippen LogP contribution is 2.19. The summed E-state index contributed by atoms with van der Waals surface area (Å²) < 4.78 is 31.4. The SMILES string of the molecule is COCCNC(C)c1c(F)cccc1F. The molecular weight excluding hydrogens is 200 g/mol. The number of benzene rings is 1. The predicted molar refractivity (Wildman–Crippen MR) is 54.7 cm³/mol. The normalized spacial score (nSPS) is 12.8. The molecule has 84 valence electrons. The minimum Gasteiger partial charge on any atom is -0.383 e. The summed E-state index contributed by atoms with van der Waals surface area (Å²) in [5.74, 6) is -1.04. The lowest BCUT2D eigenvalue weighted by atomic mass is 10.1. The maximum absolute atomic E-state index is 13.3. The molecule has 0 aliphatic heterocycles. The molecule has 2 nitrogen and oxygen atoms in total. The molecule has 0 heterocycles. The van der Waals surface area contributed by atoms with Gasteiger partial charge in [0.2, 0.25) is 0 Å². The zero-order valence-corrected chi connectivity index (χ0v) is 8.89. The standard InChI is InChI=1S/C11H15F2NO/c1-8(14-6-7-15-2)11-9(12)4-3-5-10(11)13/h3-5,8,14H,6-7H2,1-2H3. The number of rotatable bonds is 5. The van der Waals surface area contributed by atoms with E-state index in [2.05, 4.69) is 5.32 Å². The van der Waals surface area contributed by atoms with E-state index in [1.165, 1.54) is 18.2 Å². The van der Waals surface area contributed by atoms with Gasteiger partial charge in [-0.3, -0.25) is 0 Å². The third-order valence-corrected chi connectivity index (χ3v) is 2.19. The van der Waals surface area contributed by atoms with Crippen molar-refractivity contribution in [3.05, 3.63) is 35.4 Å². The smallest absolute Gasteiger partial charge is 0.130 e. The van der Waals surface area contributed by atoms with E-state index < -0.39 is 11.6 Å². The lowest BCUT2D eigenvalue weighted by molar-refractivity contribution is 0.196. The van der Waals surface area contributed by atoms with Crippen molar-refractivity contribution in [3.8, 4) is 0 Å². The van der Waals surface area contributed by atoms with Crippen LogP contribution in [0.15, 0.2) is 18.2 Å². The topological polar surface area (TPSA) is 21.3 Å². The third-order valence-electron chi connectivity index (χ3n) is 2.19. The van der Waals surface area contributed by atoms with Crippen molar-refractivity contribution >= 4 is 0 Å². The fraction of sp³-hybridized carbons (Fsp3) is 0.455. The molecular formula is C11H15F2NO. The molecule has 1 rings (SSSR count). The Morgan fingerprint density at radius 3 is 2.47 bits per heavy atom. The third kappa shape index (κ3) is 3.25. The average Bonchev–Trinajstić information content (AvgIpc) is 2.18. The van der Waals surface area contributed by atoms with Gasteiger partial charge in [0.05, 0.1) is 6.61 Å². The van der Waals surface area contributed by atoms with E-state index in [9.17, 15) is 8.78 Å². The van der Waals surface area contributed by atoms with Crippen molar-refractivity contribution in [1.29, 1.82) is 0 Å². The summed E-state index contributed by atoms with van der Waals surface area (Å²) in [4.78, 5) is 0. The summed E-state index contributed by atoms with van der Waals surface area (Å²) in [6.07, 6.45) is 0. The molecule has 4 heteroatoms. The van der Waals surface area contributed by atoms with Gasteiger partial charge in [-0.1, -0.05) is 6.07 Å². The first-order valence-corrected chi connectivity index (χ1v) is 4.83. The van der Waals surface area contributed by atoms with Gasteiger partial charge in [0, 0.05) is 25.3 Å². The van der Waals surface area contributed by atoms with E-state index in [4.69, 9.17) is 4.74 Å². The largest absolute Gasteiger partial charge is 0.383 e. The fourth-order valence-corrected chi connectivity index (χ4v) is 1.40. The Balaban J connectivity index is 2.68. The van der Waals surface area contributed by atoms with Gasteiger partial charge in [0.15, 0.2) is 0 Å². The molecule has 0 saturated heterocycles. The molecule has 0 radical (unpaired) electrons. The lowest BCUT2D eigenvalue weighted by Gasteiger charge is -2.15. The zero-order valence-electron chi connectivity index (χ0n) is 8.89. The number of ether oxygens (including phenoxy) is 1. The van der Waals surface area contributed by atoms with Crippen LogP contribution in [0.1, 0.15) is 18.5 Å². The van der Waals surface area contributed by atoms with Crippen molar-refractivity contribution in [2.24, 2.45) is 0 Å². The quantitative estimate of drug-likeness (QED) is 0.761. The molecule has 0 aromatic heterocycles. The summed E-state index contributed by atoms with van der Waals surface area (Å²) in [7, 11) is 1.58. The number of nitrogens with one attached hydrogen (secondary N) is 1. The summed E-state index contributed by atoms with van der Waals surface area (Å²) in [6.45, 7) is 2.79. The fourth-order valence-electron chi connectivity index (χ4n) is 1.40. The van der Waals surface area contributed by atoms with Crippen LogP contribution in [0.5, 0.6) is 0 Å². The van der Waals surface area contributed by atoms with Crippen LogP contribution in [0.3, 0.4) is 0 Å². The van der Waals surface area contributed by atoms with Crippen molar-refractivity contribution in [1.82, 2.24) is 5.32 Å². The second-order valence-electron chi connectivity index (χ2n) is 3.30. The minimum absolute atomic E-state index is 0.0774. The minimum atomic E-state index is -0.521. The van der Waals surface area contributed by atoms with Crippen LogP contribution in [0.4, 0.5) is 8.78 Å². The van der Waals surface area contributed by atoms with Crippen LogP contribution < -0.4 is 5.32 Å². The highest BCUT2D eigenvalue weighted by atomic mass is 19.1. The Morgan fingerprint density at radius 1 is 1.33 bits per heavy atom. The van der Waals surface area contributed by atoms with Crippen LogP contribution in [0.2, 0.25) is 0 Å². The average molecular weight is 215 g/mol.